The summed E-state index contributed by atoms with van der Waals surface area (Å²) in [5, 5.41) is 40.4. The molecule has 0 aliphatic carbocycles. The molecule has 12 heteroatoms. The van der Waals surface area contributed by atoms with Crippen LogP contribution in [0.15, 0.2) is 48.5 Å². The van der Waals surface area contributed by atoms with Gasteiger partial charge in [0.25, 0.3) is 17.7 Å². The highest BCUT2D eigenvalue weighted by molar-refractivity contribution is 6.21. The number of hydrogen-bond acceptors (Lipinski definition) is 9. The molecule has 2 aromatic rings. The number of benzene rings is 2. The van der Waals surface area contributed by atoms with Crippen molar-refractivity contribution in [1.29, 1.82) is 0 Å². The molecule has 0 atom stereocenters. The molecule has 0 fully saturated rings. The number of nitrogens with zero attached hydrogens (tertiary/aromatic N) is 2. The van der Waals surface area contributed by atoms with Crippen LogP contribution in [0.1, 0.15) is 41.4 Å². The van der Waals surface area contributed by atoms with Crippen molar-refractivity contribution in [1.82, 2.24) is 20.4 Å². The van der Waals surface area contributed by atoms with Crippen molar-refractivity contribution >= 4 is 23.7 Å². The Morgan fingerprint density at radius 3 is 1.84 bits per heavy atom. The number of rotatable bonds is 13. The van der Waals surface area contributed by atoms with Crippen LogP contribution in [-0.4, -0.2) is 113 Å². The topological polar surface area (TPSA) is 180 Å². The second-order valence-corrected chi connectivity index (χ2v) is 7.87. The minimum Gasteiger partial charge on any atom is -0.478 e. The quantitative estimate of drug-likeness (QED) is 0.112. The van der Waals surface area contributed by atoms with E-state index in [-0.39, 0.29) is 69.1 Å². The lowest BCUT2D eigenvalue weighted by Gasteiger charge is -2.22. The molecule has 3 amide bonds. The molecule has 37 heavy (non-hydrogen) atoms. The van der Waals surface area contributed by atoms with Gasteiger partial charge in [-0.25, -0.2) is 4.79 Å². The van der Waals surface area contributed by atoms with Crippen molar-refractivity contribution < 1.29 is 39.6 Å². The second-order valence-electron chi connectivity index (χ2n) is 7.87. The number of carboxylic acids is 1. The lowest BCUT2D eigenvalue weighted by atomic mass is 10.1. The summed E-state index contributed by atoms with van der Waals surface area (Å²) >= 11 is 0. The third-order valence-corrected chi connectivity index (χ3v) is 5.41. The minimum atomic E-state index is -1.20. The van der Waals surface area contributed by atoms with Gasteiger partial charge in [-0.1, -0.05) is 24.3 Å². The van der Waals surface area contributed by atoms with Crippen LogP contribution in [-0.2, 0) is 0 Å². The van der Waals surface area contributed by atoms with Gasteiger partial charge in [-0.2, -0.15) is 0 Å². The number of imide groups is 1. The van der Waals surface area contributed by atoms with Gasteiger partial charge in [-0.3, -0.25) is 24.2 Å². The molecule has 1 heterocycles. The molecule has 3 rings (SSSR count). The van der Waals surface area contributed by atoms with Crippen molar-refractivity contribution in [3.05, 3.63) is 70.8 Å². The summed E-state index contributed by atoms with van der Waals surface area (Å²) in [5.74, 6) is -2.47. The Kier molecular flexibility index (Phi) is 12.3. The normalized spacial score (nSPS) is 12.3. The Morgan fingerprint density at radius 2 is 1.32 bits per heavy atom. The Bertz CT molecular complexity index is 1040. The number of fused-ring (bicyclic) bond motifs is 1. The molecule has 0 saturated carbocycles. The number of nitrogens with one attached hydrogen (secondary N) is 2. The molecule has 0 bridgehead atoms. The number of aliphatic hydroxyl groups excluding tert-OH is 3. The van der Waals surface area contributed by atoms with Gasteiger partial charge in [0.2, 0.25) is 0 Å². The number of aromatic carboxylic acids is 1. The summed E-state index contributed by atoms with van der Waals surface area (Å²) in [4.78, 5) is 50.9. The molecule has 2 aromatic carbocycles. The van der Waals surface area contributed by atoms with Crippen molar-refractivity contribution in [3.63, 3.8) is 0 Å². The summed E-state index contributed by atoms with van der Waals surface area (Å²) < 4.78 is 0. The third-order valence-electron chi connectivity index (χ3n) is 5.41. The molecular weight excluding hydrogens is 484 g/mol. The van der Waals surface area contributed by atoms with Gasteiger partial charge in [-0.05, 0) is 24.3 Å². The van der Waals surface area contributed by atoms with E-state index in [4.69, 9.17) is 15.3 Å². The number of aliphatic hydroxyl groups is 3. The smallest absolute Gasteiger partial charge is 0.336 e. The van der Waals surface area contributed by atoms with Gasteiger partial charge >= 0.3 is 5.97 Å². The second kappa shape index (κ2) is 15.4. The lowest BCUT2D eigenvalue weighted by Crippen LogP contribution is -2.41. The maximum absolute atomic E-state index is 12.4. The van der Waals surface area contributed by atoms with Gasteiger partial charge in [0, 0.05) is 39.3 Å². The van der Waals surface area contributed by atoms with E-state index in [0.29, 0.717) is 24.2 Å². The Balaban J connectivity index is 0.000000604. The number of hydrogen-bond donors (Lipinski definition) is 6. The van der Waals surface area contributed by atoms with Crippen LogP contribution in [0.5, 0.6) is 0 Å². The van der Waals surface area contributed by atoms with Crippen LogP contribution in [0.2, 0.25) is 0 Å². The highest BCUT2D eigenvalue weighted by Crippen LogP contribution is 2.22. The van der Waals surface area contributed by atoms with Gasteiger partial charge in [-0.15, -0.1) is 0 Å². The minimum absolute atomic E-state index is 0.0478. The molecule has 0 saturated heterocycles. The summed E-state index contributed by atoms with van der Waals surface area (Å²) in [6, 6.07) is 12.5. The number of carboxylic acid groups (broad SMARTS) is 1. The van der Waals surface area contributed by atoms with Crippen molar-refractivity contribution in [2.24, 2.45) is 0 Å². The third kappa shape index (κ3) is 8.44. The predicted molar refractivity (Wildman–Crippen MR) is 133 cm³/mol. The highest BCUT2D eigenvalue weighted by atomic mass is 16.4. The van der Waals surface area contributed by atoms with Crippen LogP contribution >= 0.6 is 0 Å². The zero-order chi connectivity index (χ0) is 27.2. The van der Waals surface area contributed by atoms with E-state index < -0.39 is 11.9 Å². The summed E-state index contributed by atoms with van der Waals surface area (Å²) in [6.07, 6.45) is 0. The average Bonchev–Trinajstić information content (AvgIpc) is 3.16. The molecule has 12 nitrogen and oxygen atoms in total. The molecule has 0 unspecified atom stereocenters. The van der Waals surface area contributed by atoms with Crippen LogP contribution in [0.4, 0.5) is 0 Å². The first-order valence-electron chi connectivity index (χ1n) is 11.7. The summed E-state index contributed by atoms with van der Waals surface area (Å²) in [7, 11) is 0. The lowest BCUT2D eigenvalue weighted by molar-refractivity contribution is 0.0583. The van der Waals surface area contributed by atoms with E-state index in [1.54, 1.807) is 35.2 Å². The first kappa shape index (κ1) is 29.5. The number of amides is 3. The maximum Gasteiger partial charge on any atom is 0.336 e. The fourth-order valence-corrected chi connectivity index (χ4v) is 3.51. The first-order valence-corrected chi connectivity index (χ1v) is 11.7. The Morgan fingerprint density at radius 1 is 0.784 bits per heavy atom. The number of carbonyl (C=O) groups excluding carboxylic acids is 3. The zero-order valence-corrected chi connectivity index (χ0v) is 20.3. The molecule has 6 N–H and O–H groups in total. The highest BCUT2D eigenvalue weighted by Gasteiger charge is 2.34. The molecule has 0 radical (unpaired) electrons. The van der Waals surface area contributed by atoms with Crippen LogP contribution < -0.4 is 10.6 Å². The maximum atomic E-state index is 12.4. The van der Waals surface area contributed by atoms with Crippen molar-refractivity contribution in [2.45, 2.75) is 0 Å². The first-order chi connectivity index (χ1) is 17.8. The summed E-state index contributed by atoms with van der Waals surface area (Å²) in [6.45, 7) is 1.81. The molecule has 0 aromatic heterocycles. The Labute approximate surface area is 214 Å². The van der Waals surface area contributed by atoms with E-state index in [1.807, 2.05) is 0 Å². The predicted octanol–water partition coefficient (Wildman–Crippen LogP) is -0.777. The van der Waals surface area contributed by atoms with E-state index in [0.717, 1.165) is 4.90 Å². The fourth-order valence-electron chi connectivity index (χ4n) is 3.51. The summed E-state index contributed by atoms with van der Waals surface area (Å²) in [5.41, 5.74) is 0.677. The van der Waals surface area contributed by atoms with E-state index in [1.165, 1.54) is 18.2 Å². The van der Waals surface area contributed by atoms with E-state index in [2.05, 4.69) is 10.6 Å². The fraction of sp³-hybridized carbons (Fsp3) is 0.360. The number of carbonyl (C=O) groups is 4. The largest absolute Gasteiger partial charge is 0.478 e. The molecule has 1 aliphatic rings. The SMILES string of the molecule is O=C(O)c1ccccc1C(=O)NCCN(CO)CCN1C(=O)c2ccccc2C1=O.OCCNCCO. The average molecular weight is 517 g/mol. The van der Waals surface area contributed by atoms with Crippen LogP contribution in [0, 0.1) is 0 Å². The van der Waals surface area contributed by atoms with Gasteiger partial charge in [0.05, 0.1) is 42.2 Å². The van der Waals surface area contributed by atoms with Crippen LogP contribution in [0.3, 0.4) is 0 Å². The zero-order valence-electron chi connectivity index (χ0n) is 20.3. The molecule has 1 aliphatic heterocycles. The van der Waals surface area contributed by atoms with Gasteiger partial charge < -0.3 is 31.1 Å². The molecule has 0 spiro atoms. The van der Waals surface area contributed by atoms with Crippen LogP contribution in [0.25, 0.3) is 0 Å². The molecule has 200 valence electrons. The van der Waals surface area contributed by atoms with E-state index in [9.17, 15) is 24.3 Å². The van der Waals surface area contributed by atoms with Crippen molar-refractivity contribution in [2.75, 3.05) is 59.2 Å². The monoisotopic (exact) mass is 516 g/mol. The van der Waals surface area contributed by atoms with E-state index >= 15 is 0 Å². The Hall–Kier alpha value is -3.68. The van der Waals surface area contributed by atoms with Gasteiger partial charge in [0.1, 0.15) is 0 Å². The molecular formula is C25H32N4O8. The van der Waals surface area contributed by atoms with Gasteiger partial charge in [0.15, 0.2) is 0 Å². The van der Waals surface area contributed by atoms with Crippen molar-refractivity contribution in [3.8, 4) is 0 Å². The standard InChI is InChI=1S/C21H21N3O6.C4H11NO2/c25-13-23(10-9-22-18(26)14-5-1-4-8-17(14)21(29)30)11-12-24-19(27)15-6-2-3-7-16(15)20(24)28;6-3-1-5-2-4-7/h1-8,25H,9-13H2,(H,22,26)(H,29,30);5-7H,1-4H2.